The molecule has 6 nitrogen and oxygen atoms in total. The van der Waals surface area contributed by atoms with Gasteiger partial charge in [-0.1, -0.05) is 13.8 Å². The van der Waals surface area contributed by atoms with Crippen molar-refractivity contribution in [2.45, 2.75) is 27.2 Å². The van der Waals surface area contributed by atoms with E-state index in [0.29, 0.717) is 50.9 Å². The summed E-state index contributed by atoms with van der Waals surface area (Å²) in [6.07, 6.45) is 0.564. The van der Waals surface area contributed by atoms with Crippen LogP contribution in [-0.2, 0) is 9.59 Å². The first kappa shape index (κ1) is 19.1. The number of carbonyl (C=O) groups excluding carboxylic acids is 2. The van der Waals surface area contributed by atoms with Crippen LogP contribution in [0.1, 0.15) is 27.2 Å². The molecule has 1 aromatic rings. The van der Waals surface area contributed by atoms with Crippen molar-refractivity contribution < 1.29 is 19.1 Å². The Labute approximate surface area is 149 Å². The molecule has 0 spiro atoms. The summed E-state index contributed by atoms with van der Waals surface area (Å²) in [5, 5.41) is 0. The molecule has 0 atom stereocenters. The van der Waals surface area contributed by atoms with E-state index < -0.39 is 0 Å². The summed E-state index contributed by atoms with van der Waals surface area (Å²) in [5.41, 5.74) is 0. The van der Waals surface area contributed by atoms with Gasteiger partial charge in [-0.05, 0) is 37.1 Å². The molecule has 0 radical (unpaired) electrons. The normalized spacial score (nSPS) is 14.6. The van der Waals surface area contributed by atoms with Crippen LogP contribution in [0.25, 0.3) is 0 Å². The SMILES string of the molecule is CCOc1ccc(OCC(=O)N2CCN(C(=O)CC(C)C)CC2)cc1. The minimum atomic E-state index is -0.0511. The van der Waals surface area contributed by atoms with E-state index in [2.05, 4.69) is 0 Å². The molecule has 0 bridgehead atoms. The van der Waals surface area contributed by atoms with E-state index in [-0.39, 0.29) is 18.4 Å². The molecule has 25 heavy (non-hydrogen) atoms. The van der Waals surface area contributed by atoms with Gasteiger partial charge in [0.15, 0.2) is 6.61 Å². The molecule has 1 heterocycles. The van der Waals surface area contributed by atoms with E-state index in [1.807, 2.05) is 37.8 Å². The average molecular weight is 348 g/mol. The van der Waals surface area contributed by atoms with E-state index in [1.165, 1.54) is 0 Å². The van der Waals surface area contributed by atoms with Crippen molar-refractivity contribution in [3.05, 3.63) is 24.3 Å². The molecule has 1 saturated heterocycles. The lowest BCUT2D eigenvalue weighted by Crippen LogP contribution is -2.51. The number of ether oxygens (including phenoxy) is 2. The second-order valence-electron chi connectivity index (χ2n) is 6.55. The number of piperazine rings is 1. The highest BCUT2D eigenvalue weighted by atomic mass is 16.5. The Morgan fingerprint density at radius 3 is 1.88 bits per heavy atom. The largest absolute Gasteiger partial charge is 0.494 e. The molecule has 1 fully saturated rings. The number of carbonyl (C=O) groups is 2. The molecule has 0 N–H and O–H groups in total. The topological polar surface area (TPSA) is 59.1 Å². The van der Waals surface area contributed by atoms with Gasteiger partial charge in [0.05, 0.1) is 6.61 Å². The van der Waals surface area contributed by atoms with Gasteiger partial charge in [-0.15, -0.1) is 0 Å². The Bertz CT molecular complexity index is 563. The van der Waals surface area contributed by atoms with Gasteiger partial charge in [0.25, 0.3) is 5.91 Å². The minimum Gasteiger partial charge on any atom is -0.494 e. The fourth-order valence-corrected chi connectivity index (χ4v) is 2.72. The van der Waals surface area contributed by atoms with Crippen LogP contribution in [0.4, 0.5) is 0 Å². The third-order valence-corrected chi connectivity index (χ3v) is 4.06. The zero-order valence-corrected chi connectivity index (χ0v) is 15.4. The molecule has 138 valence electrons. The molecule has 0 aromatic heterocycles. The van der Waals surface area contributed by atoms with E-state index in [1.54, 1.807) is 17.0 Å². The first-order chi connectivity index (χ1) is 12.0. The van der Waals surface area contributed by atoms with Crippen LogP contribution < -0.4 is 9.47 Å². The summed E-state index contributed by atoms with van der Waals surface area (Å²) in [5.74, 6) is 1.90. The molecule has 1 aliphatic heterocycles. The van der Waals surface area contributed by atoms with E-state index in [4.69, 9.17) is 9.47 Å². The summed E-state index contributed by atoms with van der Waals surface area (Å²) >= 11 is 0. The average Bonchev–Trinajstić information content (AvgIpc) is 2.60. The van der Waals surface area contributed by atoms with Crippen molar-refractivity contribution in [1.82, 2.24) is 9.80 Å². The summed E-state index contributed by atoms with van der Waals surface area (Å²) < 4.78 is 10.9. The number of rotatable bonds is 7. The quantitative estimate of drug-likeness (QED) is 0.758. The van der Waals surface area contributed by atoms with Crippen LogP contribution in [0.5, 0.6) is 11.5 Å². The lowest BCUT2D eigenvalue weighted by atomic mass is 10.1. The lowest BCUT2D eigenvalue weighted by molar-refractivity contribution is -0.141. The first-order valence-electron chi connectivity index (χ1n) is 8.90. The zero-order chi connectivity index (χ0) is 18.2. The Morgan fingerprint density at radius 2 is 1.40 bits per heavy atom. The molecule has 2 amide bonds. The molecular weight excluding hydrogens is 320 g/mol. The van der Waals surface area contributed by atoms with Crippen molar-refractivity contribution in [3.8, 4) is 11.5 Å². The molecule has 1 aliphatic rings. The summed E-state index contributed by atoms with van der Waals surface area (Å²) in [6.45, 7) is 8.95. The Hall–Kier alpha value is -2.24. The smallest absolute Gasteiger partial charge is 0.260 e. The number of hydrogen-bond acceptors (Lipinski definition) is 4. The van der Waals surface area contributed by atoms with Crippen LogP contribution in [0.3, 0.4) is 0 Å². The van der Waals surface area contributed by atoms with Gasteiger partial charge in [0.1, 0.15) is 11.5 Å². The molecule has 0 saturated carbocycles. The van der Waals surface area contributed by atoms with E-state index >= 15 is 0 Å². The highest BCUT2D eigenvalue weighted by Gasteiger charge is 2.24. The van der Waals surface area contributed by atoms with Gasteiger partial charge in [0, 0.05) is 32.6 Å². The Morgan fingerprint density at radius 1 is 0.920 bits per heavy atom. The second kappa shape index (κ2) is 9.30. The molecule has 1 aromatic carbocycles. The van der Waals surface area contributed by atoms with Crippen molar-refractivity contribution >= 4 is 11.8 Å². The minimum absolute atomic E-state index is 0.00786. The number of benzene rings is 1. The van der Waals surface area contributed by atoms with Crippen LogP contribution >= 0.6 is 0 Å². The Kier molecular flexibility index (Phi) is 7.10. The third-order valence-electron chi connectivity index (χ3n) is 4.06. The standard InChI is InChI=1S/C19H28N2O4/c1-4-24-16-5-7-17(8-6-16)25-14-19(23)21-11-9-20(10-12-21)18(22)13-15(2)3/h5-8,15H,4,9-14H2,1-3H3. The van der Waals surface area contributed by atoms with Crippen molar-refractivity contribution in [3.63, 3.8) is 0 Å². The van der Waals surface area contributed by atoms with Crippen molar-refractivity contribution in [2.75, 3.05) is 39.4 Å². The van der Waals surface area contributed by atoms with Gasteiger partial charge in [-0.25, -0.2) is 0 Å². The predicted molar refractivity (Wildman–Crippen MR) is 95.7 cm³/mol. The van der Waals surface area contributed by atoms with Gasteiger partial charge < -0.3 is 19.3 Å². The van der Waals surface area contributed by atoms with Gasteiger partial charge >= 0.3 is 0 Å². The van der Waals surface area contributed by atoms with Gasteiger partial charge in [-0.2, -0.15) is 0 Å². The van der Waals surface area contributed by atoms with E-state index in [9.17, 15) is 9.59 Å². The van der Waals surface area contributed by atoms with Crippen LogP contribution in [-0.4, -0.2) is 61.0 Å². The van der Waals surface area contributed by atoms with Gasteiger partial charge in [0.2, 0.25) is 5.91 Å². The van der Waals surface area contributed by atoms with Crippen LogP contribution in [0.2, 0.25) is 0 Å². The highest BCUT2D eigenvalue weighted by molar-refractivity contribution is 5.79. The molecular formula is C19H28N2O4. The maximum absolute atomic E-state index is 12.3. The summed E-state index contributed by atoms with van der Waals surface area (Å²) in [7, 11) is 0. The predicted octanol–water partition coefficient (Wildman–Crippen LogP) is 2.18. The highest BCUT2D eigenvalue weighted by Crippen LogP contribution is 2.17. The fourth-order valence-electron chi connectivity index (χ4n) is 2.72. The molecule has 2 rings (SSSR count). The first-order valence-corrected chi connectivity index (χ1v) is 8.90. The zero-order valence-electron chi connectivity index (χ0n) is 15.4. The summed E-state index contributed by atoms with van der Waals surface area (Å²) in [4.78, 5) is 27.9. The number of amides is 2. The summed E-state index contributed by atoms with van der Waals surface area (Å²) in [6, 6.07) is 7.23. The number of nitrogens with zero attached hydrogens (tertiary/aromatic N) is 2. The monoisotopic (exact) mass is 348 g/mol. The van der Waals surface area contributed by atoms with E-state index in [0.717, 1.165) is 5.75 Å². The molecule has 0 aliphatic carbocycles. The van der Waals surface area contributed by atoms with Crippen molar-refractivity contribution in [1.29, 1.82) is 0 Å². The fraction of sp³-hybridized carbons (Fsp3) is 0.579. The van der Waals surface area contributed by atoms with Crippen LogP contribution in [0, 0.1) is 5.92 Å². The third kappa shape index (κ3) is 5.96. The maximum Gasteiger partial charge on any atom is 0.260 e. The molecule has 0 unspecified atom stereocenters. The van der Waals surface area contributed by atoms with Crippen LogP contribution in [0.15, 0.2) is 24.3 Å². The molecule has 6 heteroatoms. The Balaban J connectivity index is 1.74. The van der Waals surface area contributed by atoms with Gasteiger partial charge in [-0.3, -0.25) is 9.59 Å². The lowest BCUT2D eigenvalue weighted by Gasteiger charge is -2.35. The van der Waals surface area contributed by atoms with Crippen molar-refractivity contribution in [2.24, 2.45) is 5.92 Å². The second-order valence-corrected chi connectivity index (χ2v) is 6.55. The maximum atomic E-state index is 12.3. The number of hydrogen-bond donors (Lipinski definition) is 0.